The summed E-state index contributed by atoms with van der Waals surface area (Å²) < 4.78 is 43.3. The first-order valence-corrected chi connectivity index (χ1v) is 5.78. The average molecular weight is 274 g/mol. The first-order chi connectivity index (χ1) is 9.00. The predicted octanol–water partition coefficient (Wildman–Crippen LogP) is 2.38. The van der Waals surface area contributed by atoms with E-state index in [0.717, 1.165) is 30.0 Å². The number of rotatable bonds is 5. The minimum Gasteiger partial charge on any atom is -0.430 e. The van der Waals surface area contributed by atoms with Crippen molar-refractivity contribution in [3.63, 3.8) is 0 Å². The summed E-state index contributed by atoms with van der Waals surface area (Å²) in [5.41, 5.74) is -0.219. The Labute approximate surface area is 107 Å². The van der Waals surface area contributed by atoms with E-state index in [9.17, 15) is 13.2 Å². The Morgan fingerprint density at radius 2 is 2.21 bits per heavy atom. The maximum atomic E-state index is 12.4. The van der Waals surface area contributed by atoms with Crippen molar-refractivity contribution in [2.24, 2.45) is 0 Å². The van der Waals surface area contributed by atoms with Crippen molar-refractivity contribution < 1.29 is 17.6 Å². The molecular weight excluding hydrogens is 261 g/mol. The highest BCUT2D eigenvalue weighted by Crippen LogP contribution is 2.28. The van der Waals surface area contributed by atoms with Gasteiger partial charge in [-0.2, -0.15) is 27.9 Å². The summed E-state index contributed by atoms with van der Waals surface area (Å²) in [7, 11) is 0. The molecule has 19 heavy (non-hydrogen) atoms. The fourth-order valence-corrected chi connectivity index (χ4v) is 1.45. The zero-order valence-corrected chi connectivity index (χ0v) is 10.2. The SMILES string of the molecule is CCCNCc1coc(-n2cc(C(F)(F)F)cn2)n1. The molecule has 0 aliphatic rings. The Morgan fingerprint density at radius 3 is 2.84 bits per heavy atom. The highest BCUT2D eigenvalue weighted by Gasteiger charge is 2.32. The van der Waals surface area contributed by atoms with Crippen LogP contribution < -0.4 is 5.32 Å². The van der Waals surface area contributed by atoms with Crippen molar-refractivity contribution in [1.82, 2.24) is 20.1 Å². The van der Waals surface area contributed by atoms with Gasteiger partial charge in [-0.15, -0.1) is 0 Å². The van der Waals surface area contributed by atoms with Gasteiger partial charge >= 0.3 is 12.2 Å². The summed E-state index contributed by atoms with van der Waals surface area (Å²) in [6.07, 6.45) is -0.462. The van der Waals surface area contributed by atoms with E-state index in [-0.39, 0.29) is 6.01 Å². The van der Waals surface area contributed by atoms with E-state index in [1.807, 2.05) is 6.92 Å². The van der Waals surface area contributed by atoms with E-state index >= 15 is 0 Å². The highest BCUT2D eigenvalue weighted by molar-refractivity contribution is 5.16. The highest BCUT2D eigenvalue weighted by atomic mass is 19.4. The fourth-order valence-electron chi connectivity index (χ4n) is 1.45. The molecule has 0 saturated carbocycles. The lowest BCUT2D eigenvalue weighted by atomic mass is 10.4. The zero-order valence-electron chi connectivity index (χ0n) is 10.2. The number of oxazole rings is 1. The summed E-state index contributed by atoms with van der Waals surface area (Å²) in [4.78, 5) is 4.05. The van der Waals surface area contributed by atoms with E-state index < -0.39 is 11.7 Å². The van der Waals surface area contributed by atoms with Gasteiger partial charge in [0.25, 0.3) is 0 Å². The molecule has 0 aliphatic heterocycles. The number of halogens is 3. The standard InChI is InChI=1S/C11H13F3N4O/c1-2-3-15-5-9-7-19-10(17-9)18-6-8(4-16-18)11(12,13)14/h4,6-7,15H,2-3,5H2,1H3. The Morgan fingerprint density at radius 1 is 1.42 bits per heavy atom. The van der Waals surface area contributed by atoms with Crippen LogP contribution in [0.4, 0.5) is 13.2 Å². The topological polar surface area (TPSA) is 55.9 Å². The zero-order chi connectivity index (χ0) is 13.9. The van der Waals surface area contributed by atoms with Gasteiger partial charge in [-0.1, -0.05) is 6.92 Å². The molecule has 104 valence electrons. The normalized spacial score (nSPS) is 12.0. The van der Waals surface area contributed by atoms with Crippen LogP contribution in [0.2, 0.25) is 0 Å². The van der Waals surface area contributed by atoms with Crippen LogP contribution in [0.3, 0.4) is 0 Å². The molecule has 0 atom stereocenters. The summed E-state index contributed by atoms with van der Waals surface area (Å²) in [6, 6.07) is 0.0174. The Hall–Kier alpha value is -1.83. The number of nitrogens with zero attached hydrogens (tertiary/aromatic N) is 3. The van der Waals surface area contributed by atoms with E-state index in [1.54, 1.807) is 0 Å². The van der Waals surface area contributed by atoms with E-state index in [4.69, 9.17) is 4.42 Å². The Balaban J connectivity index is 2.08. The molecule has 2 aromatic heterocycles. The van der Waals surface area contributed by atoms with Crippen molar-refractivity contribution in [2.75, 3.05) is 6.54 Å². The molecule has 0 fully saturated rings. The molecule has 0 spiro atoms. The monoisotopic (exact) mass is 274 g/mol. The third kappa shape index (κ3) is 3.34. The van der Waals surface area contributed by atoms with Crippen LogP contribution in [0.25, 0.3) is 6.01 Å². The molecule has 0 amide bonds. The Kier molecular flexibility index (Phi) is 3.89. The molecule has 0 aromatic carbocycles. The average Bonchev–Trinajstić information content (AvgIpc) is 2.96. The molecule has 1 N–H and O–H groups in total. The third-order valence-corrected chi connectivity index (χ3v) is 2.38. The van der Waals surface area contributed by atoms with Crippen LogP contribution >= 0.6 is 0 Å². The van der Waals surface area contributed by atoms with Gasteiger partial charge in [0.2, 0.25) is 0 Å². The van der Waals surface area contributed by atoms with Gasteiger partial charge in [-0.3, -0.25) is 0 Å². The van der Waals surface area contributed by atoms with E-state index in [0.29, 0.717) is 12.2 Å². The van der Waals surface area contributed by atoms with Crippen molar-refractivity contribution in [3.8, 4) is 6.01 Å². The van der Waals surface area contributed by atoms with E-state index in [1.165, 1.54) is 6.26 Å². The lowest BCUT2D eigenvalue weighted by molar-refractivity contribution is -0.137. The van der Waals surface area contributed by atoms with Gasteiger partial charge in [-0.05, 0) is 13.0 Å². The van der Waals surface area contributed by atoms with Gasteiger partial charge in [0.05, 0.1) is 17.5 Å². The minimum atomic E-state index is -4.42. The maximum Gasteiger partial charge on any atom is 0.419 e. The summed E-state index contributed by atoms with van der Waals surface area (Å²) >= 11 is 0. The van der Waals surface area contributed by atoms with Crippen molar-refractivity contribution >= 4 is 0 Å². The van der Waals surface area contributed by atoms with Crippen LogP contribution in [-0.2, 0) is 12.7 Å². The first-order valence-electron chi connectivity index (χ1n) is 5.78. The van der Waals surface area contributed by atoms with Crippen LogP contribution in [0, 0.1) is 0 Å². The molecule has 8 heteroatoms. The third-order valence-electron chi connectivity index (χ3n) is 2.38. The van der Waals surface area contributed by atoms with Crippen LogP contribution in [0.5, 0.6) is 0 Å². The molecule has 0 aliphatic carbocycles. The van der Waals surface area contributed by atoms with Gasteiger partial charge in [-0.25, -0.2) is 0 Å². The van der Waals surface area contributed by atoms with E-state index in [2.05, 4.69) is 15.4 Å². The minimum absolute atomic E-state index is 0.0174. The summed E-state index contributed by atoms with van der Waals surface area (Å²) in [5.74, 6) is 0. The van der Waals surface area contributed by atoms with Crippen molar-refractivity contribution in [2.45, 2.75) is 26.1 Å². The number of alkyl halides is 3. The molecule has 2 aromatic rings. The maximum absolute atomic E-state index is 12.4. The van der Waals surface area contributed by atoms with Crippen LogP contribution in [0.1, 0.15) is 24.6 Å². The second-order valence-corrected chi connectivity index (χ2v) is 3.97. The lowest BCUT2D eigenvalue weighted by Crippen LogP contribution is -2.14. The number of hydrogen-bond acceptors (Lipinski definition) is 4. The number of nitrogens with one attached hydrogen (secondary N) is 1. The van der Waals surface area contributed by atoms with Gasteiger partial charge in [0, 0.05) is 12.7 Å². The Bertz CT molecular complexity index is 532. The molecular formula is C11H13F3N4O. The van der Waals surface area contributed by atoms with Gasteiger partial charge < -0.3 is 9.73 Å². The van der Waals surface area contributed by atoms with Gasteiger partial charge in [0.15, 0.2) is 0 Å². The molecule has 2 heterocycles. The van der Waals surface area contributed by atoms with Crippen molar-refractivity contribution in [1.29, 1.82) is 0 Å². The molecule has 0 saturated heterocycles. The largest absolute Gasteiger partial charge is 0.430 e. The van der Waals surface area contributed by atoms with Gasteiger partial charge in [0.1, 0.15) is 6.26 Å². The van der Waals surface area contributed by atoms with Crippen LogP contribution in [0.15, 0.2) is 23.1 Å². The second-order valence-electron chi connectivity index (χ2n) is 3.97. The molecule has 0 radical (unpaired) electrons. The summed E-state index contributed by atoms with van der Waals surface area (Å²) in [6.45, 7) is 3.37. The fraction of sp³-hybridized carbons (Fsp3) is 0.455. The molecule has 5 nitrogen and oxygen atoms in total. The lowest BCUT2D eigenvalue weighted by Gasteiger charge is -1.99. The van der Waals surface area contributed by atoms with Crippen LogP contribution in [-0.4, -0.2) is 21.3 Å². The first kappa shape index (κ1) is 13.6. The molecule has 0 unspecified atom stereocenters. The smallest absolute Gasteiger partial charge is 0.419 e. The quantitative estimate of drug-likeness (QED) is 0.850. The molecule has 0 bridgehead atoms. The second kappa shape index (κ2) is 5.43. The molecule has 2 rings (SSSR count). The summed E-state index contributed by atoms with van der Waals surface area (Å²) in [5, 5.41) is 6.70. The van der Waals surface area contributed by atoms with Crippen molar-refractivity contribution in [3.05, 3.63) is 29.9 Å². The number of aromatic nitrogens is 3. The predicted molar refractivity (Wildman–Crippen MR) is 60.6 cm³/mol. The number of hydrogen-bond donors (Lipinski definition) is 1.